The first kappa shape index (κ1) is 23.7. The SMILES string of the molecule is CC(C)(C)C1=CC(O)(C(C)(C)OP(=O)(O)O)C(O)(C(C)(C)C)C(O)(O)C1. The van der Waals surface area contributed by atoms with Crippen molar-refractivity contribution >= 4 is 7.82 Å². The van der Waals surface area contributed by atoms with Gasteiger partial charge in [-0.3, -0.25) is 4.52 Å². The van der Waals surface area contributed by atoms with E-state index >= 15 is 0 Å². The lowest BCUT2D eigenvalue weighted by Gasteiger charge is -2.62. The van der Waals surface area contributed by atoms with E-state index in [1.807, 2.05) is 0 Å². The van der Waals surface area contributed by atoms with Gasteiger partial charge in [-0.2, -0.15) is 0 Å². The molecule has 1 rings (SSSR count). The van der Waals surface area contributed by atoms with Crippen molar-refractivity contribution in [3.63, 3.8) is 0 Å². The van der Waals surface area contributed by atoms with Crippen molar-refractivity contribution in [3.8, 4) is 0 Å². The molecule has 0 saturated carbocycles. The van der Waals surface area contributed by atoms with Crippen molar-refractivity contribution in [2.24, 2.45) is 10.8 Å². The van der Waals surface area contributed by atoms with Gasteiger partial charge in [0.05, 0.1) is 0 Å². The second-order valence-corrected chi connectivity index (χ2v) is 10.9. The van der Waals surface area contributed by atoms with Crippen LogP contribution in [0.15, 0.2) is 11.6 Å². The van der Waals surface area contributed by atoms with Crippen LogP contribution in [0, 0.1) is 10.8 Å². The van der Waals surface area contributed by atoms with Crippen molar-refractivity contribution in [2.75, 3.05) is 0 Å². The molecule has 1 aliphatic rings. The fourth-order valence-electron chi connectivity index (χ4n) is 3.74. The highest BCUT2D eigenvalue weighted by Crippen LogP contribution is 2.59. The molecule has 2 unspecified atom stereocenters. The molecule has 9 heteroatoms. The van der Waals surface area contributed by atoms with Crippen LogP contribution in [-0.4, -0.2) is 52.8 Å². The number of hydrogen-bond donors (Lipinski definition) is 6. The predicted molar refractivity (Wildman–Crippen MR) is 95.9 cm³/mol. The normalized spacial score (nSPS) is 30.9. The van der Waals surface area contributed by atoms with Gasteiger partial charge in [0, 0.05) is 6.42 Å². The van der Waals surface area contributed by atoms with Crippen molar-refractivity contribution < 1.29 is 39.3 Å². The highest BCUT2D eigenvalue weighted by atomic mass is 31.2. The Hall–Kier alpha value is -0.310. The van der Waals surface area contributed by atoms with Crippen LogP contribution < -0.4 is 0 Å². The van der Waals surface area contributed by atoms with Crippen molar-refractivity contribution in [1.29, 1.82) is 0 Å². The zero-order chi connectivity index (χ0) is 21.2. The van der Waals surface area contributed by atoms with Crippen LogP contribution in [0.5, 0.6) is 0 Å². The summed E-state index contributed by atoms with van der Waals surface area (Å²) < 4.78 is 16.3. The van der Waals surface area contributed by atoms with Crippen LogP contribution in [0.2, 0.25) is 0 Å². The smallest absolute Gasteiger partial charge is 0.380 e. The maximum Gasteiger partial charge on any atom is 0.470 e. The summed E-state index contributed by atoms with van der Waals surface area (Å²) in [5.74, 6) is -2.78. The minimum Gasteiger partial charge on any atom is -0.380 e. The number of phosphoric ester groups is 1. The first-order valence-corrected chi connectivity index (χ1v) is 9.93. The molecule has 0 aromatic heterocycles. The topological polar surface area (TPSA) is 148 Å². The molecule has 0 aromatic rings. The highest BCUT2D eigenvalue weighted by Gasteiger charge is 2.74. The lowest BCUT2D eigenvalue weighted by atomic mass is 9.52. The van der Waals surface area contributed by atoms with Crippen LogP contribution in [0.25, 0.3) is 0 Å². The Morgan fingerprint density at radius 3 is 1.69 bits per heavy atom. The molecule has 2 atom stereocenters. The zero-order valence-electron chi connectivity index (χ0n) is 16.7. The van der Waals surface area contributed by atoms with Gasteiger partial charge in [0.1, 0.15) is 11.2 Å². The van der Waals surface area contributed by atoms with Gasteiger partial charge in [0.2, 0.25) is 0 Å². The molecule has 26 heavy (non-hydrogen) atoms. The molecule has 6 N–H and O–H groups in total. The Morgan fingerprint density at radius 1 is 0.962 bits per heavy atom. The molecule has 0 bridgehead atoms. The number of phosphoric acid groups is 1. The van der Waals surface area contributed by atoms with E-state index in [2.05, 4.69) is 0 Å². The molecule has 0 aromatic carbocycles. The Balaban J connectivity index is 3.90. The summed E-state index contributed by atoms with van der Waals surface area (Å²) in [6.07, 6.45) is 0.900. The summed E-state index contributed by atoms with van der Waals surface area (Å²) >= 11 is 0. The second kappa shape index (κ2) is 6.09. The van der Waals surface area contributed by atoms with E-state index in [1.165, 1.54) is 40.7 Å². The molecule has 0 heterocycles. The maximum atomic E-state index is 11.6. The summed E-state index contributed by atoms with van der Waals surface area (Å²) in [4.78, 5) is 18.6. The molecule has 154 valence electrons. The fourth-order valence-corrected chi connectivity index (χ4v) is 4.47. The van der Waals surface area contributed by atoms with Crippen LogP contribution >= 0.6 is 7.82 Å². The quantitative estimate of drug-likeness (QED) is 0.239. The molecular formula is C17H33O8P. The van der Waals surface area contributed by atoms with Gasteiger partial charge in [0.15, 0.2) is 11.4 Å². The van der Waals surface area contributed by atoms with Gasteiger partial charge in [-0.05, 0) is 30.8 Å². The number of aliphatic hydroxyl groups is 4. The van der Waals surface area contributed by atoms with Crippen LogP contribution in [0.3, 0.4) is 0 Å². The summed E-state index contributed by atoms with van der Waals surface area (Å²) in [5, 5.41) is 44.6. The van der Waals surface area contributed by atoms with Crippen molar-refractivity contribution in [3.05, 3.63) is 11.6 Å². The summed E-state index contributed by atoms with van der Waals surface area (Å²) in [5.41, 5.74) is -8.73. The van der Waals surface area contributed by atoms with Crippen LogP contribution in [0.4, 0.5) is 0 Å². The molecule has 8 nitrogen and oxygen atoms in total. The summed E-state index contributed by atoms with van der Waals surface area (Å²) in [6.45, 7) is 12.2. The van der Waals surface area contributed by atoms with E-state index in [9.17, 15) is 34.8 Å². The molecular weight excluding hydrogens is 363 g/mol. The van der Waals surface area contributed by atoms with Crippen LogP contribution in [0.1, 0.15) is 61.8 Å². The van der Waals surface area contributed by atoms with E-state index < -0.39 is 41.2 Å². The Labute approximate surface area is 154 Å². The molecule has 0 fully saturated rings. The average Bonchev–Trinajstić information content (AvgIpc) is 2.28. The third-order valence-corrected chi connectivity index (χ3v) is 5.96. The van der Waals surface area contributed by atoms with Gasteiger partial charge in [-0.25, -0.2) is 4.57 Å². The van der Waals surface area contributed by atoms with Gasteiger partial charge < -0.3 is 30.2 Å². The fraction of sp³-hybridized carbons (Fsp3) is 0.882. The lowest BCUT2D eigenvalue weighted by Crippen LogP contribution is -2.80. The Kier molecular flexibility index (Phi) is 5.56. The molecule has 0 saturated heterocycles. The maximum absolute atomic E-state index is 11.6. The highest BCUT2D eigenvalue weighted by molar-refractivity contribution is 7.46. The van der Waals surface area contributed by atoms with E-state index in [0.29, 0.717) is 5.57 Å². The van der Waals surface area contributed by atoms with Crippen LogP contribution in [-0.2, 0) is 9.09 Å². The lowest BCUT2D eigenvalue weighted by molar-refractivity contribution is -0.374. The molecule has 1 aliphatic carbocycles. The standard InChI is InChI=1S/C17H33O8P/c1-12(2,3)11-9-15(18,14(7,8)25-26(22,23)24)17(21,13(4,5)6)16(19,20)10-11/h9,18-21H,10H2,1-8H3,(H2,22,23,24). The van der Waals surface area contributed by atoms with E-state index in [-0.39, 0.29) is 6.42 Å². The second-order valence-electron chi connectivity index (χ2n) is 9.73. The van der Waals surface area contributed by atoms with Gasteiger partial charge in [-0.15, -0.1) is 0 Å². The summed E-state index contributed by atoms with van der Waals surface area (Å²) in [7, 11) is -5.07. The third kappa shape index (κ3) is 3.66. The number of rotatable bonds is 3. The summed E-state index contributed by atoms with van der Waals surface area (Å²) in [6, 6.07) is 0. The molecule has 0 spiro atoms. The monoisotopic (exact) mass is 396 g/mol. The Bertz CT molecular complexity index is 634. The predicted octanol–water partition coefficient (Wildman–Crippen LogP) is 1.44. The van der Waals surface area contributed by atoms with E-state index in [0.717, 1.165) is 0 Å². The van der Waals surface area contributed by atoms with Crippen molar-refractivity contribution in [1.82, 2.24) is 0 Å². The van der Waals surface area contributed by atoms with Gasteiger partial charge in [-0.1, -0.05) is 47.1 Å². The minimum absolute atomic E-state index is 0.349. The largest absolute Gasteiger partial charge is 0.470 e. The van der Waals surface area contributed by atoms with E-state index in [4.69, 9.17) is 4.52 Å². The van der Waals surface area contributed by atoms with Gasteiger partial charge in [0.25, 0.3) is 0 Å². The zero-order valence-corrected chi connectivity index (χ0v) is 17.6. The minimum atomic E-state index is -5.07. The molecule has 0 amide bonds. The first-order valence-electron chi connectivity index (χ1n) is 8.40. The third-order valence-electron chi connectivity index (χ3n) is 5.26. The number of hydrogen-bond acceptors (Lipinski definition) is 6. The Morgan fingerprint density at radius 2 is 1.38 bits per heavy atom. The average molecular weight is 396 g/mol. The van der Waals surface area contributed by atoms with Crippen molar-refractivity contribution in [2.45, 2.75) is 84.4 Å². The first-order chi connectivity index (χ1) is 11.0. The molecule has 0 radical (unpaired) electrons. The van der Waals surface area contributed by atoms with E-state index in [1.54, 1.807) is 20.8 Å². The van der Waals surface area contributed by atoms with Gasteiger partial charge >= 0.3 is 7.82 Å². The molecule has 0 aliphatic heterocycles.